The molecule has 0 unspecified atom stereocenters. The minimum Gasteiger partial charge on any atom is -0.504 e. The van der Waals surface area contributed by atoms with Gasteiger partial charge in [0.1, 0.15) is 0 Å². The largest absolute Gasteiger partial charge is 0.504 e. The summed E-state index contributed by atoms with van der Waals surface area (Å²) in [6, 6.07) is 10.1. The average Bonchev–Trinajstić information content (AvgIpc) is 2.97. The number of hydrogen-bond donors (Lipinski definition) is 4. The van der Waals surface area contributed by atoms with Crippen LogP contribution in [0.5, 0.6) is 23.0 Å². The fraction of sp³-hybridized carbons (Fsp3) is 0.647. The second-order valence-corrected chi connectivity index (χ2v) is 13.6. The van der Waals surface area contributed by atoms with E-state index in [1.165, 1.54) is 89.9 Å². The van der Waals surface area contributed by atoms with Crippen molar-refractivity contribution in [1.29, 1.82) is 0 Å². The van der Waals surface area contributed by atoms with E-state index in [2.05, 4.69) is 22.5 Å². The van der Waals surface area contributed by atoms with E-state index in [4.69, 9.17) is 0 Å². The van der Waals surface area contributed by atoms with E-state index in [0.717, 1.165) is 48.8 Å². The highest BCUT2D eigenvalue weighted by Crippen LogP contribution is 2.34. The zero-order chi connectivity index (χ0) is 30.4. The molecule has 0 bridgehead atoms. The molecule has 0 heterocycles. The molecule has 0 radical (unpaired) electrons. The third kappa shape index (κ3) is 16.2. The Balaban J connectivity index is 1.96. The summed E-state index contributed by atoms with van der Waals surface area (Å²) in [5.74, 6) is -0.379. The number of rotatable bonds is 25. The Morgan fingerprint density at radius 1 is 0.429 bits per heavy atom. The zero-order valence-electron chi connectivity index (χ0n) is 26.1. The Bertz CT molecular complexity index is 901. The van der Waals surface area contributed by atoms with Crippen LogP contribution < -0.4 is 0 Å². The lowest BCUT2D eigenvalue weighted by molar-refractivity contribution is 0.372. The molecule has 2 rings (SSSR count). The number of benzene rings is 2. The summed E-state index contributed by atoms with van der Waals surface area (Å²) in [6.45, 7) is 8.11. The van der Waals surface area contributed by atoms with Gasteiger partial charge in [-0.05, 0) is 73.1 Å². The van der Waals surface area contributed by atoms with Crippen LogP contribution in [0.3, 0.4) is 0 Å². The molecule has 8 heteroatoms. The molecule has 4 N–H and O–H groups in total. The van der Waals surface area contributed by atoms with E-state index in [1.807, 2.05) is 12.1 Å². The SMILES string of the molecule is CCCCCCCCCCN(CCN(CCCCCCCCCC)Sc1ccc(O)c(O)c1)Sc1ccc(O)c(O)c1. The van der Waals surface area contributed by atoms with Gasteiger partial charge in [-0.3, -0.25) is 0 Å². The van der Waals surface area contributed by atoms with Crippen LogP contribution in [0.1, 0.15) is 117 Å². The maximum Gasteiger partial charge on any atom is 0.158 e. The van der Waals surface area contributed by atoms with Crippen LogP contribution in [-0.2, 0) is 0 Å². The van der Waals surface area contributed by atoms with Crippen LogP contribution in [0.4, 0.5) is 0 Å². The van der Waals surface area contributed by atoms with Gasteiger partial charge < -0.3 is 20.4 Å². The van der Waals surface area contributed by atoms with Gasteiger partial charge in [-0.2, -0.15) is 0 Å². The number of aromatic hydroxyl groups is 4. The lowest BCUT2D eigenvalue weighted by Gasteiger charge is -2.26. The smallest absolute Gasteiger partial charge is 0.158 e. The monoisotopic (exact) mass is 620 g/mol. The van der Waals surface area contributed by atoms with Gasteiger partial charge in [0.25, 0.3) is 0 Å². The highest BCUT2D eigenvalue weighted by Gasteiger charge is 2.14. The molecule has 42 heavy (non-hydrogen) atoms. The second kappa shape index (κ2) is 22.8. The molecular weight excluding hydrogens is 565 g/mol. The van der Waals surface area contributed by atoms with Crippen molar-refractivity contribution in [1.82, 2.24) is 8.61 Å². The molecule has 0 aliphatic heterocycles. The van der Waals surface area contributed by atoms with Crippen molar-refractivity contribution in [3.63, 3.8) is 0 Å². The Labute approximate surface area is 264 Å². The average molecular weight is 621 g/mol. The van der Waals surface area contributed by atoms with E-state index in [1.54, 1.807) is 48.2 Å². The van der Waals surface area contributed by atoms with Crippen molar-refractivity contribution in [2.24, 2.45) is 0 Å². The standard InChI is InChI=1S/C34H56N2O4S2/c1-3-5-7-9-11-13-15-17-23-35(41-29-19-21-31(37)33(39)27-29)25-26-36(24-18-16-14-12-10-8-6-4-2)42-30-20-22-32(38)34(40)28-30/h19-22,27-28,37-40H,3-18,23-26H2,1-2H3. The molecule has 0 fully saturated rings. The van der Waals surface area contributed by atoms with E-state index >= 15 is 0 Å². The maximum atomic E-state index is 10.0. The molecule has 0 spiro atoms. The Hall–Kier alpha value is -1.74. The third-order valence-corrected chi connectivity index (χ3v) is 9.66. The first-order valence-electron chi connectivity index (χ1n) is 16.3. The summed E-state index contributed by atoms with van der Waals surface area (Å²) in [7, 11) is 0. The molecule has 2 aromatic rings. The Morgan fingerprint density at radius 2 is 0.762 bits per heavy atom. The van der Waals surface area contributed by atoms with Crippen molar-refractivity contribution >= 4 is 23.9 Å². The highest BCUT2D eigenvalue weighted by molar-refractivity contribution is 7.97. The fourth-order valence-electron chi connectivity index (χ4n) is 4.89. The number of phenols is 4. The van der Waals surface area contributed by atoms with Crippen LogP contribution in [0.2, 0.25) is 0 Å². The molecule has 0 saturated heterocycles. The number of nitrogens with zero attached hydrogens (tertiary/aromatic N) is 2. The Morgan fingerprint density at radius 3 is 1.10 bits per heavy atom. The van der Waals surface area contributed by atoms with Crippen LogP contribution in [0.25, 0.3) is 0 Å². The van der Waals surface area contributed by atoms with E-state index < -0.39 is 0 Å². The molecule has 0 aliphatic rings. The number of unbranched alkanes of at least 4 members (excludes halogenated alkanes) is 14. The predicted octanol–water partition coefficient (Wildman–Crippen LogP) is 10.1. The molecule has 0 atom stereocenters. The van der Waals surface area contributed by atoms with Gasteiger partial charge in [0.05, 0.1) is 0 Å². The number of hydrogen-bond acceptors (Lipinski definition) is 8. The minimum atomic E-state index is -0.0981. The van der Waals surface area contributed by atoms with Gasteiger partial charge in [0.15, 0.2) is 23.0 Å². The molecule has 0 amide bonds. The second-order valence-electron chi connectivity index (χ2n) is 11.3. The molecular formula is C34H56N2O4S2. The Kier molecular flexibility index (Phi) is 19.7. The summed E-state index contributed by atoms with van der Waals surface area (Å²) in [4.78, 5) is 1.83. The van der Waals surface area contributed by atoms with Crippen molar-refractivity contribution in [3.8, 4) is 23.0 Å². The van der Waals surface area contributed by atoms with Crippen molar-refractivity contribution < 1.29 is 20.4 Å². The van der Waals surface area contributed by atoms with Gasteiger partial charge in [-0.25, -0.2) is 8.61 Å². The van der Waals surface area contributed by atoms with Crippen molar-refractivity contribution in [2.75, 3.05) is 26.2 Å². The quantitative estimate of drug-likeness (QED) is 0.0495. The predicted molar refractivity (Wildman–Crippen MR) is 180 cm³/mol. The van der Waals surface area contributed by atoms with E-state index in [0.29, 0.717) is 0 Å². The van der Waals surface area contributed by atoms with Crippen LogP contribution >= 0.6 is 23.9 Å². The summed E-state index contributed by atoms with van der Waals surface area (Å²) in [6.07, 6.45) is 20.4. The van der Waals surface area contributed by atoms with Gasteiger partial charge in [0.2, 0.25) is 0 Å². The van der Waals surface area contributed by atoms with Gasteiger partial charge in [-0.1, -0.05) is 104 Å². The topological polar surface area (TPSA) is 87.4 Å². The lowest BCUT2D eigenvalue weighted by atomic mass is 10.1. The van der Waals surface area contributed by atoms with Gasteiger partial charge in [0, 0.05) is 36.0 Å². The first-order chi connectivity index (χ1) is 20.4. The molecule has 2 aromatic carbocycles. The van der Waals surface area contributed by atoms with Crippen molar-refractivity contribution in [2.45, 2.75) is 126 Å². The summed E-state index contributed by atoms with van der Waals surface area (Å²) < 4.78 is 4.75. The molecule has 0 aromatic heterocycles. The first-order valence-corrected chi connectivity index (χ1v) is 17.9. The van der Waals surface area contributed by atoms with E-state index in [9.17, 15) is 20.4 Å². The molecule has 0 aliphatic carbocycles. The first kappa shape index (κ1) is 36.5. The van der Waals surface area contributed by atoms with Gasteiger partial charge >= 0.3 is 0 Å². The lowest BCUT2D eigenvalue weighted by Crippen LogP contribution is -2.29. The maximum absolute atomic E-state index is 10.0. The van der Waals surface area contributed by atoms with Crippen molar-refractivity contribution in [3.05, 3.63) is 36.4 Å². The normalized spacial score (nSPS) is 11.6. The van der Waals surface area contributed by atoms with Gasteiger partial charge in [-0.15, -0.1) is 0 Å². The van der Waals surface area contributed by atoms with Crippen LogP contribution in [0, 0.1) is 0 Å². The van der Waals surface area contributed by atoms with Crippen LogP contribution in [0.15, 0.2) is 46.2 Å². The number of phenolic OH excluding ortho intramolecular Hbond substituents is 4. The van der Waals surface area contributed by atoms with Crippen LogP contribution in [-0.4, -0.2) is 55.2 Å². The minimum absolute atomic E-state index is 0.0916. The summed E-state index contributed by atoms with van der Waals surface area (Å²) >= 11 is 3.27. The summed E-state index contributed by atoms with van der Waals surface area (Å²) in [5, 5.41) is 39.6. The third-order valence-electron chi connectivity index (χ3n) is 7.48. The fourth-order valence-corrected chi connectivity index (χ4v) is 6.86. The molecule has 0 saturated carbocycles. The molecule has 238 valence electrons. The highest BCUT2D eigenvalue weighted by atomic mass is 32.2. The zero-order valence-corrected chi connectivity index (χ0v) is 27.7. The molecule has 6 nitrogen and oxygen atoms in total. The summed E-state index contributed by atoms with van der Waals surface area (Å²) in [5.41, 5.74) is 0. The van der Waals surface area contributed by atoms with E-state index in [-0.39, 0.29) is 23.0 Å².